The molecule has 0 saturated carbocycles. The molecule has 2 aromatic heterocycles. The van der Waals surface area contributed by atoms with E-state index in [2.05, 4.69) is 70.5 Å². The first-order chi connectivity index (χ1) is 19.5. The Balaban J connectivity index is 1.33. The van der Waals surface area contributed by atoms with Gasteiger partial charge in [-0.15, -0.1) is 0 Å². The normalized spacial score (nSPS) is 19.6. The number of rotatable bonds is 7. The first-order valence-corrected chi connectivity index (χ1v) is 14.7. The fraction of sp³-hybridized carbons (Fsp3) is 0.424. The largest absolute Gasteiger partial charge is 0.381 e. The Kier molecular flexibility index (Phi) is 7.57. The third-order valence-corrected chi connectivity index (χ3v) is 8.82. The van der Waals surface area contributed by atoms with E-state index in [9.17, 15) is 9.59 Å². The molecule has 6 rings (SSSR count). The van der Waals surface area contributed by atoms with Gasteiger partial charge < -0.3 is 19.4 Å². The number of fused-ring (bicyclic) bond motifs is 2. The zero-order valence-electron chi connectivity index (χ0n) is 23.4. The Morgan fingerprint density at radius 3 is 2.62 bits per heavy atom. The third kappa shape index (κ3) is 4.99. The summed E-state index contributed by atoms with van der Waals surface area (Å²) in [7, 11) is 0. The van der Waals surface area contributed by atoms with Gasteiger partial charge in [0.2, 0.25) is 11.8 Å². The highest BCUT2D eigenvalue weighted by molar-refractivity contribution is 5.99. The van der Waals surface area contributed by atoms with Crippen molar-refractivity contribution >= 4 is 28.2 Å². The second-order valence-electron chi connectivity index (χ2n) is 11.3. The maximum atomic E-state index is 14.2. The van der Waals surface area contributed by atoms with Gasteiger partial charge in [-0.05, 0) is 66.5 Å². The summed E-state index contributed by atoms with van der Waals surface area (Å²) >= 11 is 0. The minimum Gasteiger partial charge on any atom is -0.381 e. The molecule has 40 heavy (non-hydrogen) atoms. The van der Waals surface area contributed by atoms with Crippen LogP contribution >= 0.6 is 0 Å². The van der Waals surface area contributed by atoms with Crippen LogP contribution in [-0.2, 0) is 14.3 Å². The zero-order chi connectivity index (χ0) is 27.6. The number of benzene rings is 2. The number of hydrogen-bond donors (Lipinski definition) is 1. The van der Waals surface area contributed by atoms with Crippen molar-refractivity contribution in [1.29, 1.82) is 0 Å². The van der Waals surface area contributed by atoms with E-state index in [0.717, 1.165) is 54.6 Å². The van der Waals surface area contributed by atoms with Crippen LogP contribution in [0.25, 0.3) is 27.5 Å². The average molecular weight is 539 g/mol. The lowest BCUT2D eigenvalue weighted by Gasteiger charge is -2.35. The van der Waals surface area contributed by atoms with Crippen LogP contribution in [0.2, 0.25) is 0 Å². The Morgan fingerprint density at radius 2 is 1.80 bits per heavy atom. The number of ether oxygens (including phenoxy) is 1. The van der Waals surface area contributed by atoms with Crippen molar-refractivity contribution in [1.82, 2.24) is 19.6 Å². The third-order valence-electron chi connectivity index (χ3n) is 8.82. The second kappa shape index (κ2) is 11.4. The number of nitrogens with one attached hydrogen (secondary N) is 1. The van der Waals surface area contributed by atoms with Gasteiger partial charge in [0.1, 0.15) is 11.7 Å². The Labute approximate surface area is 235 Å². The molecule has 2 aliphatic rings. The average Bonchev–Trinajstić information content (AvgIpc) is 3.66. The summed E-state index contributed by atoms with van der Waals surface area (Å²) < 4.78 is 7.65. The molecule has 0 bridgehead atoms. The van der Waals surface area contributed by atoms with Crippen molar-refractivity contribution in [2.24, 2.45) is 11.8 Å². The van der Waals surface area contributed by atoms with Gasteiger partial charge >= 0.3 is 0 Å². The number of likely N-dealkylation sites (tertiary alicyclic amines) is 1. The zero-order valence-corrected chi connectivity index (χ0v) is 23.4. The number of carbonyl (C=O) groups excluding carboxylic acids is 2. The van der Waals surface area contributed by atoms with Crippen LogP contribution in [0.3, 0.4) is 0 Å². The van der Waals surface area contributed by atoms with Gasteiger partial charge in [-0.25, -0.2) is 4.98 Å². The smallest absolute Gasteiger partial charge is 0.246 e. The van der Waals surface area contributed by atoms with Gasteiger partial charge in [-0.2, -0.15) is 0 Å². The fourth-order valence-electron chi connectivity index (χ4n) is 6.29. The molecular weight excluding hydrogens is 500 g/mol. The molecule has 0 spiro atoms. The van der Waals surface area contributed by atoms with E-state index in [-0.39, 0.29) is 29.7 Å². The molecule has 4 heterocycles. The molecule has 208 valence electrons. The topological polar surface area (TPSA) is 75.9 Å². The van der Waals surface area contributed by atoms with E-state index in [1.54, 1.807) is 0 Å². The predicted molar refractivity (Wildman–Crippen MR) is 157 cm³/mol. The monoisotopic (exact) mass is 538 g/mol. The summed E-state index contributed by atoms with van der Waals surface area (Å²) in [5.74, 6) is -0.0853. The minimum absolute atomic E-state index is 0.0115. The highest BCUT2D eigenvalue weighted by atomic mass is 16.5. The molecule has 2 saturated heterocycles. The molecule has 1 N–H and O–H groups in total. The van der Waals surface area contributed by atoms with E-state index in [1.165, 1.54) is 10.8 Å². The lowest BCUT2D eigenvalue weighted by molar-refractivity contribution is -0.140. The first-order valence-electron chi connectivity index (χ1n) is 14.7. The number of pyridine rings is 1. The lowest BCUT2D eigenvalue weighted by Crippen LogP contribution is -2.54. The molecule has 7 heteroatoms. The number of carbonyl (C=O) groups is 2. The highest BCUT2D eigenvalue weighted by Gasteiger charge is 2.40. The maximum Gasteiger partial charge on any atom is 0.246 e. The molecule has 2 fully saturated rings. The first kappa shape index (κ1) is 26.5. The van der Waals surface area contributed by atoms with E-state index in [4.69, 9.17) is 9.72 Å². The van der Waals surface area contributed by atoms with Crippen LogP contribution < -0.4 is 5.32 Å². The van der Waals surface area contributed by atoms with Gasteiger partial charge in [0.15, 0.2) is 0 Å². The summed E-state index contributed by atoms with van der Waals surface area (Å²) in [5.41, 5.74) is 4.01. The Morgan fingerprint density at radius 1 is 1.02 bits per heavy atom. The lowest BCUT2D eigenvalue weighted by atomic mass is 9.90. The molecule has 2 aliphatic heterocycles. The van der Waals surface area contributed by atoms with E-state index < -0.39 is 6.04 Å². The van der Waals surface area contributed by atoms with Crippen LogP contribution in [0.1, 0.15) is 57.7 Å². The number of aromatic nitrogens is 2. The predicted octanol–water partition coefficient (Wildman–Crippen LogP) is 5.78. The summed E-state index contributed by atoms with van der Waals surface area (Å²) in [4.78, 5) is 34.2. The van der Waals surface area contributed by atoms with Crippen LogP contribution in [-0.4, -0.2) is 51.9 Å². The van der Waals surface area contributed by atoms with Gasteiger partial charge in [-0.1, -0.05) is 56.3 Å². The van der Waals surface area contributed by atoms with Crippen molar-refractivity contribution in [2.75, 3.05) is 19.8 Å². The molecular formula is C33H38N4O3. The molecule has 4 aromatic rings. The summed E-state index contributed by atoms with van der Waals surface area (Å²) in [6, 6.07) is 18.3. The second-order valence-corrected chi connectivity index (χ2v) is 11.3. The van der Waals surface area contributed by atoms with Crippen molar-refractivity contribution < 1.29 is 14.3 Å². The molecule has 0 aliphatic carbocycles. The molecule has 0 radical (unpaired) electrons. The highest BCUT2D eigenvalue weighted by Crippen LogP contribution is 2.36. The van der Waals surface area contributed by atoms with Crippen molar-refractivity contribution in [3.05, 3.63) is 72.7 Å². The summed E-state index contributed by atoms with van der Waals surface area (Å²) in [6.07, 6.45) is 8.17. The molecule has 0 unspecified atom stereocenters. The molecule has 2 amide bonds. The summed E-state index contributed by atoms with van der Waals surface area (Å²) in [6.45, 7) is 5.85. The molecule has 2 aromatic carbocycles. The quantitative estimate of drug-likeness (QED) is 0.324. The van der Waals surface area contributed by atoms with Crippen LogP contribution in [0, 0.1) is 11.8 Å². The molecule has 7 nitrogen and oxygen atoms in total. The maximum absolute atomic E-state index is 14.2. The number of imidazole rings is 1. The van der Waals surface area contributed by atoms with Gasteiger partial charge in [0.05, 0.1) is 11.7 Å². The Bertz CT molecular complexity index is 1520. The van der Waals surface area contributed by atoms with Gasteiger partial charge in [-0.3, -0.25) is 9.59 Å². The molecule has 3 atom stereocenters. The van der Waals surface area contributed by atoms with Crippen LogP contribution in [0.4, 0.5) is 0 Å². The van der Waals surface area contributed by atoms with Gasteiger partial charge in [0.25, 0.3) is 0 Å². The number of amides is 2. The van der Waals surface area contributed by atoms with Crippen molar-refractivity contribution in [3.63, 3.8) is 0 Å². The van der Waals surface area contributed by atoms with Crippen LogP contribution in [0.15, 0.2) is 67.0 Å². The van der Waals surface area contributed by atoms with Gasteiger partial charge in [0, 0.05) is 43.6 Å². The SMILES string of the molecule is CC[C@@H](C)C(=O)N[C@H](C(=O)N1CCC[C@H]1c1cn2cccc(-c3cccc4ccccc34)c2n1)C1CCOCC1. The van der Waals surface area contributed by atoms with E-state index in [0.29, 0.717) is 19.8 Å². The number of nitrogens with zero attached hydrogens (tertiary/aromatic N) is 3. The Hall–Kier alpha value is -3.71. The number of hydrogen-bond acceptors (Lipinski definition) is 4. The van der Waals surface area contributed by atoms with Crippen molar-refractivity contribution in [2.45, 2.75) is 58.0 Å². The standard InChI is InChI=1S/C33H38N4O3/c1-3-22(2)32(38)35-30(24-15-19-40-20-16-24)33(39)37-18-8-14-29(37)28-21-36-17-7-13-27(31(36)34-28)26-12-6-10-23-9-4-5-11-25(23)26/h4-7,9-13,17,21-22,24,29-30H,3,8,14-16,18-20H2,1-2H3,(H,35,38)/t22-,29+,30+/m1/s1. The fourth-order valence-corrected chi connectivity index (χ4v) is 6.29. The summed E-state index contributed by atoms with van der Waals surface area (Å²) in [5, 5.41) is 5.53. The van der Waals surface area contributed by atoms with Crippen molar-refractivity contribution in [3.8, 4) is 11.1 Å². The van der Waals surface area contributed by atoms with Crippen LogP contribution in [0.5, 0.6) is 0 Å². The van der Waals surface area contributed by atoms with E-state index in [1.807, 2.05) is 24.9 Å². The minimum atomic E-state index is -0.533. The van der Waals surface area contributed by atoms with E-state index >= 15 is 0 Å².